The van der Waals surface area contributed by atoms with Gasteiger partial charge in [0.15, 0.2) is 5.11 Å². The van der Waals surface area contributed by atoms with E-state index in [4.69, 9.17) is 12.2 Å². The maximum atomic E-state index is 11.6. The van der Waals surface area contributed by atoms with Gasteiger partial charge in [-0.1, -0.05) is 25.5 Å². The van der Waals surface area contributed by atoms with Gasteiger partial charge in [-0.15, -0.1) is 0 Å². The SMILES string of the molecule is CCCCC(=O)NC(=S)Nc1ccc(CC(=O)N(C)C)cc1. The molecule has 0 saturated carbocycles. The Kier molecular flexibility index (Phi) is 7.52. The summed E-state index contributed by atoms with van der Waals surface area (Å²) in [5.74, 6) is -0.0213. The molecule has 2 amide bonds. The molecular weight excluding hydrogens is 298 g/mol. The highest BCUT2D eigenvalue weighted by molar-refractivity contribution is 7.80. The van der Waals surface area contributed by atoms with Crippen molar-refractivity contribution in [2.45, 2.75) is 32.6 Å². The molecule has 0 heterocycles. The van der Waals surface area contributed by atoms with Gasteiger partial charge in [0.2, 0.25) is 11.8 Å². The van der Waals surface area contributed by atoms with Gasteiger partial charge < -0.3 is 15.5 Å². The van der Waals surface area contributed by atoms with E-state index in [1.54, 1.807) is 19.0 Å². The minimum atomic E-state index is -0.0763. The summed E-state index contributed by atoms with van der Waals surface area (Å²) in [4.78, 5) is 24.7. The average Bonchev–Trinajstić information content (AvgIpc) is 2.46. The first-order valence-corrected chi connectivity index (χ1v) is 7.73. The molecule has 120 valence electrons. The zero-order chi connectivity index (χ0) is 16.5. The Bertz CT molecular complexity index is 527. The van der Waals surface area contributed by atoms with Crippen molar-refractivity contribution in [1.29, 1.82) is 0 Å². The highest BCUT2D eigenvalue weighted by atomic mass is 32.1. The predicted octanol–water partition coefficient (Wildman–Crippen LogP) is 2.32. The summed E-state index contributed by atoms with van der Waals surface area (Å²) < 4.78 is 0. The van der Waals surface area contributed by atoms with Crippen LogP contribution in [0.4, 0.5) is 5.69 Å². The van der Waals surface area contributed by atoms with Crippen molar-refractivity contribution < 1.29 is 9.59 Å². The molecule has 0 spiro atoms. The topological polar surface area (TPSA) is 61.4 Å². The molecule has 0 fully saturated rings. The first-order valence-electron chi connectivity index (χ1n) is 7.32. The summed E-state index contributed by atoms with van der Waals surface area (Å²) >= 11 is 5.10. The number of carbonyl (C=O) groups is 2. The molecule has 0 aromatic heterocycles. The highest BCUT2D eigenvalue weighted by Crippen LogP contribution is 2.10. The van der Waals surface area contributed by atoms with Crippen LogP contribution < -0.4 is 10.6 Å². The molecule has 0 bridgehead atoms. The fourth-order valence-corrected chi connectivity index (χ4v) is 1.96. The summed E-state index contributed by atoms with van der Waals surface area (Å²) in [6, 6.07) is 7.40. The Morgan fingerprint density at radius 2 is 1.82 bits per heavy atom. The summed E-state index contributed by atoms with van der Waals surface area (Å²) in [7, 11) is 3.47. The summed E-state index contributed by atoms with van der Waals surface area (Å²) in [6.45, 7) is 2.03. The normalized spacial score (nSPS) is 9.95. The lowest BCUT2D eigenvalue weighted by molar-refractivity contribution is -0.128. The number of hydrogen-bond acceptors (Lipinski definition) is 3. The molecule has 0 radical (unpaired) electrons. The fourth-order valence-electron chi connectivity index (χ4n) is 1.73. The third-order valence-electron chi connectivity index (χ3n) is 3.08. The van der Waals surface area contributed by atoms with E-state index in [9.17, 15) is 9.59 Å². The molecule has 0 aliphatic carbocycles. The first kappa shape index (κ1) is 18.1. The number of likely N-dealkylation sites (N-methyl/N-ethyl adjacent to an activating group) is 1. The Balaban J connectivity index is 2.48. The number of benzene rings is 1. The molecule has 6 heteroatoms. The van der Waals surface area contributed by atoms with E-state index in [0.29, 0.717) is 18.0 Å². The van der Waals surface area contributed by atoms with Gasteiger partial charge in [0.05, 0.1) is 6.42 Å². The van der Waals surface area contributed by atoms with Crippen LogP contribution in [0.25, 0.3) is 0 Å². The molecule has 0 atom stereocenters. The van der Waals surface area contributed by atoms with Gasteiger partial charge in [-0.3, -0.25) is 9.59 Å². The predicted molar refractivity (Wildman–Crippen MR) is 92.7 cm³/mol. The van der Waals surface area contributed by atoms with Crippen LogP contribution in [0.5, 0.6) is 0 Å². The quantitative estimate of drug-likeness (QED) is 0.790. The van der Waals surface area contributed by atoms with Gasteiger partial charge in [-0.05, 0) is 36.3 Å². The molecule has 0 aliphatic rings. The lowest BCUT2D eigenvalue weighted by Crippen LogP contribution is -2.33. The summed E-state index contributed by atoms with van der Waals surface area (Å²) in [6.07, 6.45) is 2.67. The Labute approximate surface area is 137 Å². The molecule has 0 unspecified atom stereocenters. The van der Waals surface area contributed by atoms with Crippen LogP contribution in [0.2, 0.25) is 0 Å². The largest absolute Gasteiger partial charge is 0.349 e. The minimum absolute atomic E-state index is 0.0550. The second kappa shape index (κ2) is 9.15. The Morgan fingerprint density at radius 1 is 1.18 bits per heavy atom. The Morgan fingerprint density at radius 3 is 2.36 bits per heavy atom. The van der Waals surface area contributed by atoms with Crippen LogP contribution in [0.15, 0.2) is 24.3 Å². The van der Waals surface area contributed by atoms with Crippen molar-refractivity contribution >= 4 is 34.8 Å². The minimum Gasteiger partial charge on any atom is -0.349 e. The van der Waals surface area contributed by atoms with Crippen molar-refractivity contribution in [2.75, 3.05) is 19.4 Å². The monoisotopic (exact) mass is 321 g/mol. The van der Waals surface area contributed by atoms with Crippen LogP contribution in [-0.4, -0.2) is 35.9 Å². The molecule has 1 aromatic carbocycles. The third-order valence-corrected chi connectivity index (χ3v) is 3.28. The summed E-state index contributed by atoms with van der Waals surface area (Å²) in [5.41, 5.74) is 1.71. The number of amides is 2. The van der Waals surface area contributed by atoms with E-state index in [-0.39, 0.29) is 11.8 Å². The van der Waals surface area contributed by atoms with E-state index in [1.165, 1.54) is 0 Å². The zero-order valence-electron chi connectivity index (χ0n) is 13.3. The van der Waals surface area contributed by atoms with Crippen LogP contribution in [0, 0.1) is 0 Å². The molecule has 2 N–H and O–H groups in total. The lowest BCUT2D eigenvalue weighted by Gasteiger charge is -2.11. The van der Waals surface area contributed by atoms with Gasteiger partial charge in [0.25, 0.3) is 0 Å². The van der Waals surface area contributed by atoms with Gasteiger partial charge in [-0.2, -0.15) is 0 Å². The standard InChI is InChI=1S/C16H23N3O2S/c1-4-5-6-14(20)18-16(22)17-13-9-7-12(8-10-13)11-15(21)19(2)3/h7-10H,4-6,11H2,1-3H3,(H2,17,18,20,22). The maximum absolute atomic E-state index is 11.6. The molecule has 5 nitrogen and oxygen atoms in total. The lowest BCUT2D eigenvalue weighted by atomic mass is 10.1. The summed E-state index contributed by atoms with van der Waals surface area (Å²) in [5, 5.41) is 5.89. The average molecular weight is 321 g/mol. The number of nitrogens with one attached hydrogen (secondary N) is 2. The molecule has 0 aliphatic heterocycles. The Hall–Kier alpha value is -1.95. The van der Waals surface area contributed by atoms with Crippen molar-refractivity contribution in [3.05, 3.63) is 29.8 Å². The molecule has 1 rings (SSSR count). The van der Waals surface area contributed by atoms with Gasteiger partial charge in [-0.25, -0.2) is 0 Å². The molecular formula is C16H23N3O2S. The van der Waals surface area contributed by atoms with Gasteiger partial charge in [0.1, 0.15) is 0 Å². The van der Waals surface area contributed by atoms with Crippen LogP contribution in [-0.2, 0) is 16.0 Å². The number of thiocarbonyl (C=S) groups is 1. The second-order valence-corrected chi connectivity index (χ2v) is 5.68. The van der Waals surface area contributed by atoms with Crippen molar-refractivity contribution in [2.24, 2.45) is 0 Å². The van der Waals surface area contributed by atoms with E-state index in [0.717, 1.165) is 24.1 Å². The number of hydrogen-bond donors (Lipinski definition) is 2. The van der Waals surface area contributed by atoms with Crippen molar-refractivity contribution in [1.82, 2.24) is 10.2 Å². The number of rotatable bonds is 6. The third kappa shape index (κ3) is 6.67. The van der Waals surface area contributed by atoms with Crippen LogP contribution in [0.1, 0.15) is 31.7 Å². The van der Waals surface area contributed by atoms with E-state index < -0.39 is 0 Å². The number of nitrogens with zero attached hydrogens (tertiary/aromatic N) is 1. The van der Waals surface area contributed by atoms with Gasteiger partial charge in [0, 0.05) is 26.2 Å². The smallest absolute Gasteiger partial charge is 0.226 e. The maximum Gasteiger partial charge on any atom is 0.226 e. The molecule has 1 aromatic rings. The van der Waals surface area contributed by atoms with Crippen LogP contribution >= 0.6 is 12.2 Å². The van der Waals surface area contributed by atoms with Crippen LogP contribution in [0.3, 0.4) is 0 Å². The highest BCUT2D eigenvalue weighted by Gasteiger charge is 2.07. The van der Waals surface area contributed by atoms with E-state index >= 15 is 0 Å². The number of unbranched alkanes of at least 4 members (excludes halogenated alkanes) is 1. The molecule has 22 heavy (non-hydrogen) atoms. The van der Waals surface area contributed by atoms with Crippen molar-refractivity contribution in [3.63, 3.8) is 0 Å². The van der Waals surface area contributed by atoms with Gasteiger partial charge >= 0.3 is 0 Å². The van der Waals surface area contributed by atoms with E-state index in [1.807, 2.05) is 31.2 Å². The van der Waals surface area contributed by atoms with Crippen molar-refractivity contribution in [3.8, 4) is 0 Å². The number of carbonyl (C=O) groups excluding carboxylic acids is 2. The molecule has 0 saturated heterocycles. The fraction of sp³-hybridized carbons (Fsp3) is 0.438. The first-order chi connectivity index (χ1) is 10.4. The zero-order valence-corrected chi connectivity index (χ0v) is 14.1. The number of anilines is 1. The second-order valence-electron chi connectivity index (χ2n) is 5.27. The van der Waals surface area contributed by atoms with E-state index in [2.05, 4.69) is 10.6 Å².